The fourth-order valence-corrected chi connectivity index (χ4v) is 8.83. The number of nitriles is 1. The second-order valence-corrected chi connectivity index (χ2v) is 16.5. The van der Waals surface area contributed by atoms with Gasteiger partial charge in [-0.15, -0.1) is 23.1 Å². The van der Waals surface area contributed by atoms with E-state index in [4.69, 9.17) is 0 Å². The first kappa shape index (κ1) is 38.7. The molecule has 2 unspecified atom stereocenters. The lowest BCUT2D eigenvalue weighted by molar-refractivity contribution is -0.385. The quantitative estimate of drug-likeness (QED) is 0.0523. The van der Waals surface area contributed by atoms with Crippen molar-refractivity contribution in [1.82, 2.24) is 5.32 Å². The summed E-state index contributed by atoms with van der Waals surface area (Å²) in [6.07, 6.45) is 3.94. The van der Waals surface area contributed by atoms with Crippen LogP contribution in [-0.4, -0.2) is 22.6 Å². The Balaban J connectivity index is 1.25. The van der Waals surface area contributed by atoms with Gasteiger partial charge < -0.3 is 16.0 Å². The van der Waals surface area contributed by atoms with Gasteiger partial charge in [-0.2, -0.15) is 5.26 Å². The van der Waals surface area contributed by atoms with Gasteiger partial charge in [-0.3, -0.25) is 24.5 Å². The van der Waals surface area contributed by atoms with Gasteiger partial charge in [-0.1, -0.05) is 87.5 Å². The smallest absolute Gasteiger partial charge is 0.276 e. The number of para-hydroxylation sites is 1. The van der Waals surface area contributed by atoms with E-state index in [9.17, 15) is 29.8 Å². The van der Waals surface area contributed by atoms with E-state index < -0.39 is 22.0 Å². The summed E-state index contributed by atoms with van der Waals surface area (Å²) in [6.45, 7) is 6.72. The molecule has 278 valence electrons. The molecule has 55 heavy (non-hydrogen) atoms. The van der Waals surface area contributed by atoms with E-state index in [-0.39, 0.29) is 28.3 Å². The van der Waals surface area contributed by atoms with Gasteiger partial charge in [0.25, 0.3) is 17.5 Å². The molecule has 12 heteroatoms. The van der Waals surface area contributed by atoms with Crippen molar-refractivity contribution in [3.63, 3.8) is 0 Å². The normalized spacial score (nSPS) is 14.5. The molecule has 3 amide bonds. The molecule has 0 fully saturated rings. The summed E-state index contributed by atoms with van der Waals surface area (Å²) in [5.41, 5.74) is 2.82. The molecule has 0 aliphatic heterocycles. The first-order valence-corrected chi connectivity index (χ1v) is 19.4. The first-order valence-electron chi connectivity index (χ1n) is 17.7. The topological polar surface area (TPSA) is 154 Å². The van der Waals surface area contributed by atoms with Crippen molar-refractivity contribution in [2.24, 2.45) is 11.3 Å². The van der Waals surface area contributed by atoms with Crippen LogP contribution in [0.15, 0.2) is 120 Å². The number of nitrogens with one attached hydrogen (secondary N) is 3. The fourth-order valence-electron chi connectivity index (χ4n) is 6.47. The molecule has 10 nitrogen and oxygen atoms in total. The summed E-state index contributed by atoms with van der Waals surface area (Å²) in [7, 11) is 0. The van der Waals surface area contributed by atoms with Gasteiger partial charge in [0.05, 0.1) is 16.1 Å². The lowest BCUT2D eigenvalue weighted by Crippen LogP contribution is -2.30. The number of nitrogens with zero attached hydrogens (tertiary/aromatic N) is 2. The molecule has 6 rings (SSSR count). The minimum Gasteiger partial charge on any atom is -0.321 e. The van der Waals surface area contributed by atoms with E-state index in [0.717, 1.165) is 35.3 Å². The summed E-state index contributed by atoms with van der Waals surface area (Å²) >= 11 is 2.77. The fraction of sp³-hybridized carbons (Fsp3) is 0.209. The molecule has 4 aromatic carbocycles. The van der Waals surface area contributed by atoms with Gasteiger partial charge in [-0.25, -0.2) is 0 Å². The maximum atomic E-state index is 14.1. The lowest BCUT2D eigenvalue weighted by Gasteiger charge is -2.33. The van der Waals surface area contributed by atoms with E-state index in [1.54, 1.807) is 54.6 Å². The van der Waals surface area contributed by atoms with Gasteiger partial charge in [-0.05, 0) is 84.2 Å². The highest BCUT2D eigenvalue weighted by Crippen LogP contribution is 2.45. The maximum absolute atomic E-state index is 14.1. The Kier molecular flexibility index (Phi) is 11.9. The lowest BCUT2D eigenvalue weighted by atomic mass is 9.72. The number of thioether (sulfide) groups is 1. The molecule has 1 aromatic heterocycles. The van der Waals surface area contributed by atoms with Crippen LogP contribution >= 0.6 is 23.1 Å². The number of nitro groups is 1. The first-order chi connectivity index (χ1) is 26.4. The van der Waals surface area contributed by atoms with Gasteiger partial charge in [0.2, 0.25) is 5.91 Å². The summed E-state index contributed by atoms with van der Waals surface area (Å²) in [4.78, 5) is 54.1. The van der Waals surface area contributed by atoms with Crippen LogP contribution < -0.4 is 16.0 Å². The Bertz CT molecular complexity index is 2310. The predicted molar refractivity (Wildman–Crippen MR) is 218 cm³/mol. The number of benzene rings is 4. The van der Waals surface area contributed by atoms with E-state index >= 15 is 0 Å². The molecule has 3 N–H and O–H groups in total. The maximum Gasteiger partial charge on any atom is 0.276 e. The predicted octanol–water partition coefficient (Wildman–Crippen LogP) is 9.56. The average molecular weight is 770 g/mol. The number of fused-ring (bicyclic) bond motifs is 1. The largest absolute Gasteiger partial charge is 0.321 e. The molecule has 0 bridgehead atoms. The highest BCUT2D eigenvalue weighted by atomic mass is 32.2. The number of rotatable bonds is 11. The third kappa shape index (κ3) is 9.38. The van der Waals surface area contributed by atoms with Crippen LogP contribution in [0.25, 0.3) is 6.08 Å². The SMILES string of the molecule is CC(C)(C)C1CCc2c(sc(NC(=O)C(Sc3cccc(NC(=O)/C(=C\c4ccccc4[N+](=O)[O-])NC(=O)c4ccccc4)c3)c3ccccc3)c2C#N)C1. The molecule has 5 aromatic rings. The molecule has 1 aliphatic rings. The van der Waals surface area contributed by atoms with Crippen LogP contribution in [0.1, 0.15) is 69.9 Å². The van der Waals surface area contributed by atoms with Crippen LogP contribution in [-0.2, 0) is 22.4 Å². The third-order valence-corrected chi connectivity index (χ3v) is 11.9. The Labute approximate surface area is 327 Å². The number of amides is 3. The van der Waals surface area contributed by atoms with E-state index in [1.807, 2.05) is 36.4 Å². The number of anilines is 2. The third-order valence-electron chi connectivity index (χ3n) is 9.49. The number of nitro benzene ring substituents is 1. The average Bonchev–Trinajstić information content (AvgIpc) is 3.53. The van der Waals surface area contributed by atoms with Crippen molar-refractivity contribution in [3.8, 4) is 6.07 Å². The van der Waals surface area contributed by atoms with Gasteiger partial charge in [0, 0.05) is 27.1 Å². The second kappa shape index (κ2) is 17.0. The summed E-state index contributed by atoms with van der Waals surface area (Å²) in [5, 5.41) is 30.3. The van der Waals surface area contributed by atoms with Crippen LogP contribution in [0.5, 0.6) is 0 Å². The van der Waals surface area contributed by atoms with Crippen molar-refractivity contribution in [3.05, 3.63) is 158 Å². The van der Waals surface area contributed by atoms with Gasteiger partial charge >= 0.3 is 0 Å². The Morgan fingerprint density at radius 1 is 0.945 bits per heavy atom. The Morgan fingerprint density at radius 2 is 1.64 bits per heavy atom. The van der Waals surface area contributed by atoms with Crippen LogP contribution in [0.4, 0.5) is 16.4 Å². The molecular formula is C43H39N5O5S2. The number of carbonyl (C=O) groups excluding carboxylic acids is 3. The second-order valence-electron chi connectivity index (χ2n) is 14.2. The molecular weight excluding hydrogens is 731 g/mol. The molecule has 2 atom stereocenters. The zero-order valence-electron chi connectivity index (χ0n) is 30.5. The standard InChI is InChI=1S/C43H39N5O5S2/c1-43(2,3)30-21-22-33-34(26-44)42(55-37(33)24-30)47-41(51)38(27-13-6-4-7-14-27)54-32-19-12-18-31(25-32)45-40(50)35(46-39(49)28-15-8-5-9-16-28)23-29-17-10-11-20-36(29)48(52)53/h4-20,23,25,30,38H,21-22,24H2,1-3H3,(H,45,50)(H,46,49)(H,47,51)/b35-23+. The summed E-state index contributed by atoms with van der Waals surface area (Å²) in [6, 6.07) is 32.9. The number of carbonyl (C=O) groups is 3. The number of hydrogen-bond acceptors (Lipinski definition) is 8. The van der Waals surface area contributed by atoms with Crippen LogP contribution in [0, 0.1) is 32.8 Å². The van der Waals surface area contributed by atoms with E-state index in [0.29, 0.717) is 32.6 Å². The molecule has 1 aliphatic carbocycles. The number of hydrogen-bond donors (Lipinski definition) is 3. The van der Waals surface area contributed by atoms with E-state index in [1.165, 1.54) is 47.4 Å². The number of thiophene rings is 1. The Hall–Kier alpha value is -6.03. The minimum absolute atomic E-state index is 0.132. The van der Waals surface area contributed by atoms with Gasteiger partial charge in [0.15, 0.2) is 0 Å². The minimum atomic E-state index is -0.709. The monoisotopic (exact) mass is 769 g/mol. The molecule has 0 saturated carbocycles. The van der Waals surface area contributed by atoms with Crippen molar-refractivity contribution in [2.45, 2.75) is 50.2 Å². The van der Waals surface area contributed by atoms with Crippen LogP contribution in [0.2, 0.25) is 0 Å². The zero-order valence-corrected chi connectivity index (χ0v) is 32.1. The highest BCUT2D eigenvalue weighted by Gasteiger charge is 2.33. The van der Waals surface area contributed by atoms with Crippen molar-refractivity contribution < 1.29 is 19.3 Å². The van der Waals surface area contributed by atoms with E-state index in [2.05, 4.69) is 42.8 Å². The molecule has 0 saturated heterocycles. The zero-order chi connectivity index (χ0) is 39.1. The van der Waals surface area contributed by atoms with Crippen LogP contribution in [0.3, 0.4) is 0 Å². The summed E-state index contributed by atoms with van der Waals surface area (Å²) < 4.78 is 0. The van der Waals surface area contributed by atoms with Gasteiger partial charge in [0.1, 0.15) is 22.0 Å². The summed E-state index contributed by atoms with van der Waals surface area (Å²) in [5.74, 6) is -1.08. The molecule has 0 radical (unpaired) electrons. The van der Waals surface area contributed by atoms with Crippen molar-refractivity contribution in [1.29, 1.82) is 5.26 Å². The molecule has 1 heterocycles. The Morgan fingerprint density at radius 3 is 2.33 bits per heavy atom. The van der Waals surface area contributed by atoms with Crippen molar-refractivity contribution >= 4 is 63.3 Å². The molecule has 0 spiro atoms. The highest BCUT2D eigenvalue weighted by molar-refractivity contribution is 8.00. The van der Waals surface area contributed by atoms with Crippen molar-refractivity contribution in [2.75, 3.05) is 10.6 Å².